The minimum absolute atomic E-state index is 0.109. The van der Waals surface area contributed by atoms with Crippen LogP contribution < -0.4 is 0 Å². The first kappa shape index (κ1) is 15.4. The maximum absolute atomic E-state index is 11.4. The molecule has 0 spiro atoms. The van der Waals surface area contributed by atoms with Gasteiger partial charge in [0.05, 0.1) is 6.10 Å². The molecule has 0 aliphatic heterocycles. The lowest BCUT2D eigenvalue weighted by Gasteiger charge is -2.27. The quantitative estimate of drug-likeness (QED) is 0.942. The summed E-state index contributed by atoms with van der Waals surface area (Å²) in [6.07, 6.45) is 2.14. The molecule has 1 N–H and O–H groups in total. The summed E-state index contributed by atoms with van der Waals surface area (Å²) in [4.78, 5) is 3.04. The van der Waals surface area contributed by atoms with Crippen LogP contribution in [0.1, 0.15) is 22.8 Å². The number of hydrogen-bond acceptors (Lipinski definition) is 3. The van der Waals surface area contributed by atoms with E-state index in [9.17, 15) is 9.32 Å². The highest BCUT2D eigenvalue weighted by Gasteiger charge is 2.33. The van der Waals surface area contributed by atoms with Gasteiger partial charge < -0.3 is 5.11 Å². The Labute approximate surface area is 134 Å². The van der Waals surface area contributed by atoms with Crippen LogP contribution in [0.4, 0.5) is 0 Å². The number of likely N-dealkylation sites (N-methyl/N-ethyl adjacent to an activating group) is 1. The van der Waals surface area contributed by atoms with E-state index in [-0.39, 0.29) is 6.04 Å². The van der Waals surface area contributed by atoms with Gasteiger partial charge in [0.15, 0.2) is 0 Å². The number of aliphatic hydroxyl groups excluding tert-OH is 1. The van der Waals surface area contributed by atoms with Crippen LogP contribution in [-0.2, 0) is 23.8 Å². The second-order valence-electron chi connectivity index (χ2n) is 5.93. The monoisotopic (exact) mass is 315 g/mol. The van der Waals surface area contributed by atoms with E-state index in [0.717, 1.165) is 23.4 Å². The van der Waals surface area contributed by atoms with E-state index in [1.54, 1.807) is 6.26 Å². The number of benzene rings is 2. The predicted molar refractivity (Wildman–Crippen MR) is 89.1 cm³/mol. The van der Waals surface area contributed by atoms with E-state index in [1.165, 1.54) is 11.1 Å². The first-order valence-corrected chi connectivity index (χ1v) is 9.00. The molecule has 4 heteroatoms. The van der Waals surface area contributed by atoms with E-state index in [4.69, 9.17) is 0 Å². The van der Waals surface area contributed by atoms with Gasteiger partial charge in [-0.3, -0.25) is 9.11 Å². The molecule has 0 saturated carbocycles. The molecule has 3 rings (SSSR count). The Balaban J connectivity index is 1.70. The minimum atomic E-state index is -0.938. The van der Waals surface area contributed by atoms with Gasteiger partial charge >= 0.3 is 0 Å². The van der Waals surface area contributed by atoms with Gasteiger partial charge in [0.2, 0.25) is 0 Å². The number of nitrogens with zero attached hydrogens (tertiary/aromatic N) is 1. The molecular weight excluding hydrogens is 294 g/mol. The van der Waals surface area contributed by atoms with Crippen LogP contribution in [0.25, 0.3) is 0 Å². The number of hydrogen-bond donors (Lipinski definition) is 1. The fourth-order valence-electron chi connectivity index (χ4n) is 3.14. The van der Waals surface area contributed by atoms with Gasteiger partial charge in [-0.25, -0.2) is 0 Å². The fourth-order valence-corrected chi connectivity index (χ4v) is 3.66. The number of fused-ring (bicyclic) bond motifs is 1. The third kappa shape index (κ3) is 3.00. The second kappa shape index (κ2) is 6.32. The van der Waals surface area contributed by atoms with Crippen molar-refractivity contribution in [2.75, 3.05) is 13.3 Å². The van der Waals surface area contributed by atoms with Crippen molar-refractivity contribution in [2.45, 2.75) is 30.0 Å². The molecule has 2 aromatic carbocycles. The Morgan fingerprint density at radius 2 is 1.86 bits per heavy atom. The lowest BCUT2D eigenvalue weighted by molar-refractivity contribution is 0.0721. The van der Waals surface area contributed by atoms with Crippen molar-refractivity contribution in [3.8, 4) is 0 Å². The Morgan fingerprint density at radius 1 is 1.18 bits per heavy atom. The fraction of sp³-hybridized carbons (Fsp3) is 0.333. The Morgan fingerprint density at radius 3 is 2.50 bits per heavy atom. The molecule has 1 aliphatic rings. The van der Waals surface area contributed by atoms with Crippen molar-refractivity contribution >= 4 is 10.8 Å². The van der Waals surface area contributed by atoms with Crippen molar-refractivity contribution < 1.29 is 9.32 Å². The normalized spacial score (nSPS) is 21.8. The van der Waals surface area contributed by atoms with Crippen LogP contribution in [0.2, 0.25) is 0 Å². The molecule has 0 unspecified atom stereocenters. The predicted octanol–water partition coefficient (Wildman–Crippen LogP) is 2.51. The van der Waals surface area contributed by atoms with E-state index in [2.05, 4.69) is 11.0 Å². The molecule has 22 heavy (non-hydrogen) atoms. The minimum Gasteiger partial charge on any atom is -0.387 e. The van der Waals surface area contributed by atoms with Crippen LogP contribution >= 0.6 is 0 Å². The van der Waals surface area contributed by atoms with Gasteiger partial charge in [0.1, 0.15) is 0 Å². The molecule has 0 fully saturated rings. The van der Waals surface area contributed by atoms with Crippen molar-refractivity contribution in [2.24, 2.45) is 0 Å². The summed E-state index contributed by atoms with van der Waals surface area (Å²) in [5, 5.41) is 10.5. The largest absolute Gasteiger partial charge is 0.387 e. The molecule has 0 saturated heterocycles. The van der Waals surface area contributed by atoms with Gasteiger partial charge in [0.25, 0.3) is 0 Å². The molecule has 0 heterocycles. The smallest absolute Gasteiger partial charge is 0.0951 e. The molecular formula is C18H21NO2S. The summed E-state index contributed by atoms with van der Waals surface area (Å²) in [5.41, 5.74) is 3.46. The van der Waals surface area contributed by atoms with Gasteiger partial charge in [-0.15, -0.1) is 0 Å². The van der Waals surface area contributed by atoms with Crippen molar-refractivity contribution in [3.63, 3.8) is 0 Å². The first-order valence-electron chi connectivity index (χ1n) is 7.44. The highest BCUT2D eigenvalue weighted by Crippen LogP contribution is 2.34. The molecule has 0 aromatic heterocycles. The molecule has 0 bridgehead atoms. The summed E-state index contributed by atoms with van der Waals surface area (Å²) < 4.78 is 11.4. The molecule has 2 aromatic rings. The van der Waals surface area contributed by atoms with Gasteiger partial charge in [-0.1, -0.05) is 36.4 Å². The molecule has 3 nitrogen and oxygen atoms in total. The van der Waals surface area contributed by atoms with Crippen LogP contribution in [0.15, 0.2) is 53.4 Å². The van der Waals surface area contributed by atoms with Crippen LogP contribution in [-0.4, -0.2) is 33.6 Å². The SMILES string of the molecule is CN(Cc1ccc([S@](C)=O)cc1)[C@@H]1Cc2ccccc2[C@@H]1O. The lowest BCUT2D eigenvalue weighted by Crippen LogP contribution is -2.34. The summed E-state index contributed by atoms with van der Waals surface area (Å²) in [7, 11) is 1.11. The molecule has 1 aliphatic carbocycles. The summed E-state index contributed by atoms with van der Waals surface area (Å²) in [6.45, 7) is 0.770. The van der Waals surface area contributed by atoms with E-state index < -0.39 is 16.9 Å². The van der Waals surface area contributed by atoms with E-state index in [1.807, 2.05) is 49.5 Å². The topological polar surface area (TPSA) is 40.5 Å². The highest BCUT2D eigenvalue weighted by atomic mass is 32.2. The zero-order valence-electron chi connectivity index (χ0n) is 12.9. The van der Waals surface area contributed by atoms with Crippen molar-refractivity contribution in [1.82, 2.24) is 4.90 Å². The van der Waals surface area contributed by atoms with Crippen molar-refractivity contribution in [3.05, 3.63) is 65.2 Å². The highest BCUT2D eigenvalue weighted by molar-refractivity contribution is 7.84. The Kier molecular flexibility index (Phi) is 4.43. The van der Waals surface area contributed by atoms with Gasteiger partial charge in [-0.05, 0) is 42.3 Å². The standard InChI is InChI=1S/C18H21NO2S/c1-19(12-13-7-9-15(10-8-13)22(2)21)17-11-14-5-3-4-6-16(14)18(17)20/h3-10,17-18,20H,11-12H2,1-2H3/t17-,18+,22+/m1/s1. The van der Waals surface area contributed by atoms with Crippen LogP contribution in [0.3, 0.4) is 0 Å². The summed E-state index contributed by atoms with van der Waals surface area (Å²) in [6, 6.07) is 16.1. The number of rotatable bonds is 4. The van der Waals surface area contributed by atoms with E-state index in [0.29, 0.717) is 0 Å². The Bertz CT molecular complexity index is 684. The van der Waals surface area contributed by atoms with Gasteiger partial charge in [-0.2, -0.15) is 0 Å². The molecule has 0 amide bonds. The maximum Gasteiger partial charge on any atom is 0.0951 e. The van der Waals surface area contributed by atoms with Gasteiger partial charge in [0, 0.05) is 34.5 Å². The van der Waals surface area contributed by atoms with Crippen LogP contribution in [0, 0.1) is 0 Å². The maximum atomic E-state index is 11.4. The lowest BCUT2D eigenvalue weighted by atomic mass is 10.1. The van der Waals surface area contributed by atoms with Crippen LogP contribution in [0.5, 0.6) is 0 Å². The average Bonchev–Trinajstić information content (AvgIpc) is 2.85. The molecule has 0 radical (unpaired) electrons. The summed E-state index contributed by atoms with van der Waals surface area (Å²) >= 11 is 0. The first-order chi connectivity index (χ1) is 10.6. The number of aliphatic hydroxyl groups is 1. The molecule has 116 valence electrons. The zero-order valence-corrected chi connectivity index (χ0v) is 13.7. The third-order valence-corrected chi connectivity index (χ3v) is 5.36. The zero-order chi connectivity index (χ0) is 15.7. The second-order valence-corrected chi connectivity index (χ2v) is 7.31. The summed E-state index contributed by atoms with van der Waals surface area (Å²) in [5.74, 6) is 0. The van der Waals surface area contributed by atoms with E-state index >= 15 is 0 Å². The Hall–Kier alpha value is -1.49. The average molecular weight is 315 g/mol. The molecule has 3 atom stereocenters. The third-order valence-electron chi connectivity index (χ3n) is 4.42. The van der Waals surface area contributed by atoms with Crippen molar-refractivity contribution in [1.29, 1.82) is 0 Å².